The Morgan fingerprint density at radius 3 is 2.17 bits per heavy atom. The van der Waals surface area contributed by atoms with Crippen molar-refractivity contribution in [2.45, 2.75) is 13.0 Å². The molecule has 0 rings (SSSR count). The predicted octanol–water partition coefficient (Wildman–Crippen LogP) is 0.635. The van der Waals surface area contributed by atoms with Crippen molar-refractivity contribution in [2.75, 3.05) is 34.7 Å². The van der Waals surface area contributed by atoms with Gasteiger partial charge in [0.15, 0.2) is 0 Å². The molecule has 0 saturated carbocycles. The first-order chi connectivity index (χ1) is 5.43. The van der Waals surface area contributed by atoms with Gasteiger partial charge in [-0.3, -0.25) is 0 Å². The molecule has 0 N–H and O–H groups in total. The van der Waals surface area contributed by atoms with E-state index >= 15 is 0 Å². The third-order valence-corrected chi connectivity index (χ3v) is 1.29. The number of likely N-dealkylation sites (N-methyl/N-ethyl adjacent to an activating group) is 1. The summed E-state index contributed by atoms with van der Waals surface area (Å²) < 4.78 is 5.07. The topological polar surface area (TPSA) is 32.8 Å². The van der Waals surface area contributed by atoms with Gasteiger partial charge in [0, 0.05) is 20.6 Å². The number of nitrogens with zero attached hydrogens (tertiary/aromatic N) is 2. The largest absolute Gasteiger partial charge is 0.445 e. The third-order valence-electron chi connectivity index (χ3n) is 1.29. The maximum atomic E-state index is 11.0. The lowest BCUT2D eigenvalue weighted by Crippen LogP contribution is -2.32. The summed E-state index contributed by atoms with van der Waals surface area (Å²) in [4.78, 5) is 14.4. The van der Waals surface area contributed by atoms with Gasteiger partial charge in [0.05, 0.1) is 0 Å². The van der Waals surface area contributed by atoms with Crippen molar-refractivity contribution in [3.63, 3.8) is 0 Å². The zero-order chi connectivity index (χ0) is 9.72. The van der Waals surface area contributed by atoms with Crippen LogP contribution in [-0.4, -0.2) is 56.7 Å². The number of carbonyl (C=O) groups is 1. The van der Waals surface area contributed by atoms with Crippen molar-refractivity contribution in [2.24, 2.45) is 0 Å². The van der Waals surface area contributed by atoms with Crippen molar-refractivity contribution in [1.82, 2.24) is 9.80 Å². The fraction of sp³-hybridized carbons (Fsp3) is 0.875. The molecular formula is C8H18N2O2. The first kappa shape index (κ1) is 11.2. The highest BCUT2D eigenvalue weighted by Gasteiger charge is 2.10. The molecule has 0 aliphatic heterocycles. The van der Waals surface area contributed by atoms with E-state index < -0.39 is 0 Å². The monoisotopic (exact) mass is 174 g/mol. The Morgan fingerprint density at radius 1 is 1.33 bits per heavy atom. The molecule has 12 heavy (non-hydrogen) atoms. The molecule has 0 aliphatic rings. The Labute approximate surface area is 74.1 Å². The summed E-state index contributed by atoms with van der Waals surface area (Å²) in [6, 6.07) is 0. The smallest absolute Gasteiger partial charge is 0.409 e. The van der Waals surface area contributed by atoms with Crippen LogP contribution in [0.2, 0.25) is 0 Å². The van der Waals surface area contributed by atoms with Gasteiger partial charge in [-0.15, -0.1) is 0 Å². The van der Waals surface area contributed by atoms with Crippen LogP contribution >= 0.6 is 0 Å². The van der Waals surface area contributed by atoms with E-state index in [1.165, 1.54) is 4.90 Å². The first-order valence-corrected chi connectivity index (χ1v) is 3.96. The number of hydrogen-bond acceptors (Lipinski definition) is 3. The Kier molecular flexibility index (Phi) is 4.66. The molecule has 0 radical (unpaired) electrons. The van der Waals surface area contributed by atoms with Crippen molar-refractivity contribution in [3.8, 4) is 0 Å². The summed E-state index contributed by atoms with van der Waals surface area (Å²) in [6.07, 6.45) is -0.348. The summed E-state index contributed by atoms with van der Waals surface area (Å²) in [7, 11) is 7.23. The summed E-state index contributed by atoms with van der Waals surface area (Å²) in [5.41, 5.74) is 0. The zero-order valence-electron chi connectivity index (χ0n) is 8.50. The number of rotatable bonds is 3. The van der Waals surface area contributed by atoms with Crippen LogP contribution < -0.4 is 0 Å². The maximum Gasteiger partial charge on any atom is 0.409 e. The highest BCUT2D eigenvalue weighted by atomic mass is 16.6. The second kappa shape index (κ2) is 4.98. The van der Waals surface area contributed by atoms with Crippen LogP contribution in [0.3, 0.4) is 0 Å². The zero-order valence-corrected chi connectivity index (χ0v) is 8.50. The van der Waals surface area contributed by atoms with Gasteiger partial charge in [0.2, 0.25) is 0 Å². The Bertz CT molecular complexity index is 146. The van der Waals surface area contributed by atoms with Crippen LogP contribution in [0.1, 0.15) is 6.92 Å². The van der Waals surface area contributed by atoms with Crippen LogP contribution in [0, 0.1) is 0 Å². The number of hydrogen-bond donors (Lipinski definition) is 0. The molecule has 0 fully saturated rings. The summed E-state index contributed by atoms with van der Waals surface area (Å²) >= 11 is 0. The molecule has 1 atom stereocenters. The molecule has 4 heteroatoms. The minimum atomic E-state index is -0.288. The molecule has 0 aromatic rings. The Hall–Kier alpha value is -0.770. The van der Waals surface area contributed by atoms with Crippen molar-refractivity contribution < 1.29 is 9.53 Å². The van der Waals surface area contributed by atoms with E-state index in [0.29, 0.717) is 0 Å². The molecule has 0 aromatic carbocycles. The normalized spacial score (nSPS) is 12.8. The number of amides is 1. The van der Waals surface area contributed by atoms with Crippen LogP contribution in [0.4, 0.5) is 4.79 Å². The lowest BCUT2D eigenvalue weighted by molar-refractivity contribution is 0.0700. The lowest BCUT2D eigenvalue weighted by atomic mass is 10.4. The van der Waals surface area contributed by atoms with E-state index in [1.807, 2.05) is 25.9 Å². The first-order valence-electron chi connectivity index (χ1n) is 3.96. The molecule has 0 aliphatic carbocycles. The minimum absolute atomic E-state index is 0.0603. The fourth-order valence-corrected chi connectivity index (χ4v) is 0.829. The van der Waals surface area contributed by atoms with Gasteiger partial charge >= 0.3 is 6.09 Å². The summed E-state index contributed by atoms with van der Waals surface area (Å²) in [5, 5.41) is 0. The van der Waals surface area contributed by atoms with Crippen LogP contribution in [0.15, 0.2) is 0 Å². The highest BCUT2D eigenvalue weighted by molar-refractivity contribution is 5.66. The van der Waals surface area contributed by atoms with Gasteiger partial charge in [0.25, 0.3) is 0 Å². The average molecular weight is 174 g/mol. The standard InChI is InChI=1S/C8H18N2O2/c1-7(6-9(2)3)12-8(11)10(4)5/h7H,6H2,1-5H3. The number of ether oxygens (including phenoxy) is 1. The van der Waals surface area contributed by atoms with E-state index in [4.69, 9.17) is 4.74 Å². The Morgan fingerprint density at radius 2 is 1.83 bits per heavy atom. The van der Waals surface area contributed by atoms with E-state index in [-0.39, 0.29) is 12.2 Å². The molecule has 72 valence electrons. The van der Waals surface area contributed by atoms with E-state index in [0.717, 1.165) is 6.54 Å². The van der Waals surface area contributed by atoms with Crippen molar-refractivity contribution in [3.05, 3.63) is 0 Å². The second-order valence-electron chi connectivity index (χ2n) is 3.35. The van der Waals surface area contributed by atoms with E-state index in [2.05, 4.69) is 0 Å². The van der Waals surface area contributed by atoms with Gasteiger partial charge in [-0.25, -0.2) is 4.79 Å². The molecule has 1 unspecified atom stereocenters. The fourth-order valence-electron chi connectivity index (χ4n) is 0.829. The van der Waals surface area contributed by atoms with Gasteiger partial charge in [0.1, 0.15) is 6.10 Å². The molecule has 0 saturated heterocycles. The lowest BCUT2D eigenvalue weighted by Gasteiger charge is -2.19. The predicted molar refractivity (Wildman–Crippen MR) is 48.2 cm³/mol. The minimum Gasteiger partial charge on any atom is -0.445 e. The van der Waals surface area contributed by atoms with Crippen LogP contribution in [-0.2, 0) is 4.74 Å². The van der Waals surface area contributed by atoms with Crippen LogP contribution in [0.5, 0.6) is 0 Å². The van der Waals surface area contributed by atoms with Gasteiger partial charge in [-0.05, 0) is 21.0 Å². The summed E-state index contributed by atoms with van der Waals surface area (Å²) in [6.45, 7) is 2.63. The van der Waals surface area contributed by atoms with E-state index in [9.17, 15) is 4.79 Å². The molecule has 0 aromatic heterocycles. The third kappa shape index (κ3) is 4.96. The van der Waals surface area contributed by atoms with Crippen molar-refractivity contribution >= 4 is 6.09 Å². The number of carbonyl (C=O) groups excluding carboxylic acids is 1. The quantitative estimate of drug-likeness (QED) is 0.629. The molecule has 4 nitrogen and oxygen atoms in total. The molecule has 1 amide bonds. The molecule has 0 bridgehead atoms. The van der Waals surface area contributed by atoms with Crippen LogP contribution in [0.25, 0.3) is 0 Å². The van der Waals surface area contributed by atoms with E-state index in [1.54, 1.807) is 14.1 Å². The highest BCUT2D eigenvalue weighted by Crippen LogP contribution is 1.95. The summed E-state index contributed by atoms with van der Waals surface area (Å²) in [5.74, 6) is 0. The second-order valence-corrected chi connectivity index (χ2v) is 3.35. The van der Waals surface area contributed by atoms with Gasteiger partial charge in [-0.2, -0.15) is 0 Å². The molecule has 0 spiro atoms. The Balaban J connectivity index is 3.69. The SMILES string of the molecule is CC(CN(C)C)OC(=O)N(C)C. The molecular weight excluding hydrogens is 156 g/mol. The maximum absolute atomic E-state index is 11.0. The van der Waals surface area contributed by atoms with Gasteiger partial charge in [-0.1, -0.05) is 0 Å². The van der Waals surface area contributed by atoms with Crippen molar-refractivity contribution in [1.29, 1.82) is 0 Å². The average Bonchev–Trinajstić information content (AvgIpc) is 1.84. The van der Waals surface area contributed by atoms with Gasteiger partial charge < -0.3 is 14.5 Å². The molecule has 0 heterocycles.